The van der Waals surface area contributed by atoms with Crippen LogP contribution in [-0.4, -0.2) is 24.5 Å². The van der Waals surface area contributed by atoms with E-state index in [1.165, 1.54) is 32.9 Å². The van der Waals surface area contributed by atoms with E-state index in [2.05, 4.69) is 137 Å². The molecule has 55 heavy (non-hydrogen) atoms. The molecule has 0 unspecified atom stereocenters. The zero-order valence-corrected chi connectivity index (χ0v) is 29.8. The van der Waals surface area contributed by atoms with E-state index in [-0.39, 0.29) is 0 Å². The molecular weight excluding hydrogens is 671 g/mol. The second kappa shape index (κ2) is 13.8. The third-order valence-corrected chi connectivity index (χ3v) is 10.2. The minimum absolute atomic E-state index is 0.603. The molecule has 3 heterocycles. The predicted molar refractivity (Wildman–Crippen MR) is 225 cm³/mol. The van der Waals surface area contributed by atoms with E-state index in [1.807, 2.05) is 72.9 Å². The Bertz CT molecular complexity index is 2940. The first-order valence-electron chi connectivity index (χ1n) is 18.4. The molecule has 5 heteroatoms. The lowest BCUT2D eigenvalue weighted by molar-refractivity contribution is 1.07. The van der Waals surface area contributed by atoms with E-state index in [0.29, 0.717) is 17.5 Å². The molecule has 0 spiro atoms. The third-order valence-electron chi connectivity index (χ3n) is 10.2. The molecule has 258 valence electrons. The number of fused-ring (bicyclic) bond motifs is 3. The molecule has 0 N–H and O–H groups in total. The van der Waals surface area contributed by atoms with Crippen LogP contribution in [0.2, 0.25) is 0 Å². The highest BCUT2D eigenvalue weighted by Crippen LogP contribution is 2.39. The summed E-state index contributed by atoms with van der Waals surface area (Å²) < 4.78 is 2.36. The molecule has 3 aromatic heterocycles. The minimum Gasteiger partial charge on any atom is -0.309 e. The van der Waals surface area contributed by atoms with Crippen molar-refractivity contribution in [3.63, 3.8) is 0 Å². The highest BCUT2D eigenvalue weighted by atomic mass is 15.0. The van der Waals surface area contributed by atoms with Gasteiger partial charge in [-0.25, -0.2) is 15.0 Å². The molecule has 0 saturated heterocycles. The van der Waals surface area contributed by atoms with Crippen LogP contribution >= 0.6 is 0 Å². The maximum atomic E-state index is 5.05. The van der Waals surface area contributed by atoms with Crippen molar-refractivity contribution in [1.29, 1.82) is 0 Å². The summed E-state index contributed by atoms with van der Waals surface area (Å²) in [6.07, 6.45) is 1.81. The fraction of sp³-hybridized carbons (Fsp3) is 0. The highest BCUT2D eigenvalue weighted by molar-refractivity contribution is 6.15. The number of pyridine rings is 1. The van der Waals surface area contributed by atoms with Gasteiger partial charge in [0.1, 0.15) is 0 Å². The van der Waals surface area contributed by atoms with Crippen LogP contribution in [0.15, 0.2) is 200 Å². The van der Waals surface area contributed by atoms with E-state index >= 15 is 0 Å². The van der Waals surface area contributed by atoms with E-state index in [4.69, 9.17) is 15.0 Å². The van der Waals surface area contributed by atoms with Crippen LogP contribution in [0.3, 0.4) is 0 Å². The minimum atomic E-state index is 0.603. The van der Waals surface area contributed by atoms with Crippen molar-refractivity contribution in [2.75, 3.05) is 0 Å². The number of hydrogen-bond acceptors (Lipinski definition) is 4. The molecule has 10 aromatic rings. The fourth-order valence-corrected chi connectivity index (χ4v) is 7.53. The van der Waals surface area contributed by atoms with Crippen molar-refractivity contribution in [3.05, 3.63) is 200 Å². The Morgan fingerprint density at radius 2 is 0.855 bits per heavy atom. The Kier molecular flexibility index (Phi) is 8.08. The van der Waals surface area contributed by atoms with Gasteiger partial charge in [-0.1, -0.05) is 158 Å². The first-order chi connectivity index (χ1) is 27.3. The maximum Gasteiger partial charge on any atom is 0.164 e. The Morgan fingerprint density at radius 1 is 0.327 bits per heavy atom. The quantitative estimate of drug-likeness (QED) is 0.166. The number of benzene rings is 7. The summed E-state index contributed by atoms with van der Waals surface area (Å²) in [5, 5.41) is 2.50. The van der Waals surface area contributed by atoms with E-state index in [9.17, 15) is 0 Å². The Morgan fingerprint density at radius 3 is 1.56 bits per heavy atom. The van der Waals surface area contributed by atoms with Crippen LogP contribution in [0.25, 0.3) is 95.2 Å². The number of para-hydroxylation sites is 2. The molecule has 0 aliphatic rings. The molecule has 5 nitrogen and oxygen atoms in total. The standard InChI is InChI=1S/C50H33N5/c1-3-14-37(15-4-1)48-52-49(54-50(53-48)42-19-8-7-18-41(42)44-22-11-12-33-51-44)38-31-27-35(28-32-38)34-25-29-36(30-26-34)40-21-13-24-46-47(40)43-20-9-10-23-45(43)55(46)39-16-5-2-6-17-39/h1-33H. The summed E-state index contributed by atoms with van der Waals surface area (Å²) in [6, 6.07) is 67.4. The average molecular weight is 704 g/mol. The zero-order valence-electron chi connectivity index (χ0n) is 29.8. The van der Waals surface area contributed by atoms with E-state index < -0.39 is 0 Å². The van der Waals surface area contributed by atoms with Crippen molar-refractivity contribution in [3.8, 4) is 73.4 Å². The summed E-state index contributed by atoms with van der Waals surface area (Å²) in [6.45, 7) is 0. The number of nitrogens with zero attached hydrogens (tertiary/aromatic N) is 5. The van der Waals surface area contributed by atoms with Crippen molar-refractivity contribution < 1.29 is 0 Å². The van der Waals surface area contributed by atoms with Gasteiger partial charge in [0.2, 0.25) is 0 Å². The van der Waals surface area contributed by atoms with Gasteiger partial charge in [-0.2, -0.15) is 0 Å². The average Bonchev–Trinajstić information content (AvgIpc) is 3.62. The first-order valence-corrected chi connectivity index (χ1v) is 18.4. The lowest BCUT2D eigenvalue weighted by Crippen LogP contribution is -2.01. The second-order valence-electron chi connectivity index (χ2n) is 13.5. The van der Waals surface area contributed by atoms with Gasteiger partial charge >= 0.3 is 0 Å². The summed E-state index contributed by atoms with van der Waals surface area (Å²) in [5.41, 5.74) is 12.8. The Balaban J connectivity index is 1.01. The van der Waals surface area contributed by atoms with Gasteiger partial charge in [-0.05, 0) is 58.7 Å². The molecule has 0 saturated carbocycles. The molecule has 0 aliphatic heterocycles. The molecule has 0 aliphatic carbocycles. The molecular formula is C50H33N5. The summed E-state index contributed by atoms with van der Waals surface area (Å²) >= 11 is 0. The molecule has 0 amide bonds. The van der Waals surface area contributed by atoms with Crippen LogP contribution in [0.4, 0.5) is 0 Å². The molecule has 0 radical (unpaired) electrons. The maximum absolute atomic E-state index is 5.05. The van der Waals surface area contributed by atoms with Crippen LogP contribution in [0.1, 0.15) is 0 Å². The van der Waals surface area contributed by atoms with Crippen LogP contribution in [0.5, 0.6) is 0 Å². The zero-order chi connectivity index (χ0) is 36.6. The van der Waals surface area contributed by atoms with Gasteiger partial charge in [-0.15, -0.1) is 0 Å². The Hall–Kier alpha value is -7.50. The predicted octanol–water partition coefficient (Wildman–Crippen LogP) is 12.4. The van der Waals surface area contributed by atoms with Crippen LogP contribution in [0, 0.1) is 0 Å². The lowest BCUT2D eigenvalue weighted by atomic mass is 9.96. The van der Waals surface area contributed by atoms with Gasteiger partial charge in [0.05, 0.1) is 16.7 Å². The molecule has 10 rings (SSSR count). The topological polar surface area (TPSA) is 56.5 Å². The van der Waals surface area contributed by atoms with Crippen molar-refractivity contribution in [2.45, 2.75) is 0 Å². The molecule has 7 aromatic carbocycles. The molecule has 0 fully saturated rings. The Labute approximate surface area is 318 Å². The number of rotatable bonds is 7. The van der Waals surface area contributed by atoms with Gasteiger partial charge < -0.3 is 4.57 Å². The largest absolute Gasteiger partial charge is 0.309 e. The van der Waals surface area contributed by atoms with Crippen LogP contribution in [-0.2, 0) is 0 Å². The van der Waals surface area contributed by atoms with Gasteiger partial charge in [0.25, 0.3) is 0 Å². The first kappa shape index (κ1) is 32.2. The normalized spacial score (nSPS) is 11.3. The SMILES string of the molecule is c1ccc(-c2nc(-c3ccc(-c4ccc(-c5cccc6c5c5ccccc5n6-c5ccccc5)cc4)cc3)nc(-c3ccccc3-c3ccccn3)n2)cc1. The third kappa shape index (κ3) is 5.94. The number of aromatic nitrogens is 5. The van der Waals surface area contributed by atoms with Crippen molar-refractivity contribution in [2.24, 2.45) is 0 Å². The highest BCUT2D eigenvalue weighted by Gasteiger charge is 2.18. The van der Waals surface area contributed by atoms with Crippen LogP contribution < -0.4 is 0 Å². The molecule has 0 bridgehead atoms. The second-order valence-corrected chi connectivity index (χ2v) is 13.5. The smallest absolute Gasteiger partial charge is 0.164 e. The fourth-order valence-electron chi connectivity index (χ4n) is 7.53. The van der Waals surface area contributed by atoms with Crippen molar-refractivity contribution in [1.82, 2.24) is 24.5 Å². The van der Waals surface area contributed by atoms with E-state index in [1.54, 1.807) is 0 Å². The summed E-state index contributed by atoms with van der Waals surface area (Å²) in [4.78, 5) is 19.6. The lowest BCUT2D eigenvalue weighted by Gasteiger charge is -2.12. The number of hydrogen-bond donors (Lipinski definition) is 0. The van der Waals surface area contributed by atoms with Gasteiger partial charge in [0.15, 0.2) is 17.5 Å². The van der Waals surface area contributed by atoms with Gasteiger partial charge in [0, 0.05) is 44.9 Å². The monoisotopic (exact) mass is 703 g/mol. The molecule has 0 atom stereocenters. The van der Waals surface area contributed by atoms with Gasteiger partial charge in [-0.3, -0.25) is 4.98 Å². The van der Waals surface area contributed by atoms with Crippen molar-refractivity contribution >= 4 is 21.8 Å². The summed E-state index contributed by atoms with van der Waals surface area (Å²) in [5.74, 6) is 1.84. The van der Waals surface area contributed by atoms with E-state index in [0.717, 1.165) is 44.8 Å². The summed E-state index contributed by atoms with van der Waals surface area (Å²) in [7, 11) is 0.